The summed E-state index contributed by atoms with van der Waals surface area (Å²) >= 11 is 0. The minimum absolute atomic E-state index is 0.152. The van der Waals surface area contributed by atoms with Gasteiger partial charge in [0.2, 0.25) is 0 Å². The van der Waals surface area contributed by atoms with Crippen LogP contribution in [0, 0.1) is 0 Å². The van der Waals surface area contributed by atoms with Crippen molar-refractivity contribution >= 4 is 29.8 Å². The summed E-state index contributed by atoms with van der Waals surface area (Å²) in [5, 5.41) is 19.7. The smallest absolute Gasteiger partial charge is 0.339 e. The van der Waals surface area contributed by atoms with E-state index >= 15 is 0 Å². The van der Waals surface area contributed by atoms with Crippen LogP contribution in [0.3, 0.4) is 0 Å². The molecule has 1 aromatic rings. The van der Waals surface area contributed by atoms with Crippen LogP contribution in [0.25, 0.3) is 0 Å². The third kappa shape index (κ3) is 11.6. The van der Waals surface area contributed by atoms with Gasteiger partial charge in [-0.1, -0.05) is 24.8 Å². The summed E-state index contributed by atoms with van der Waals surface area (Å²) in [6, 6.07) is 3.34. The Morgan fingerprint density at radius 2 is 1.21 bits per heavy atom. The number of rotatable bonds is 15. The molecule has 0 heterocycles. The van der Waals surface area contributed by atoms with Gasteiger partial charge in [0.15, 0.2) is 0 Å². The van der Waals surface area contributed by atoms with Crippen molar-refractivity contribution in [3.05, 3.63) is 71.8 Å². The number of esters is 5. The van der Waals surface area contributed by atoms with Gasteiger partial charge >= 0.3 is 29.8 Å². The molecular weight excluding hydrogens is 504 g/mol. The van der Waals surface area contributed by atoms with Crippen LogP contribution in [0.5, 0.6) is 0 Å². The number of allylic oxidation sites excluding steroid dienone is 2. The Morgan fingerprint density at radius 3 is 1.71 bits per heavy atom. The van der Waals surface area contributed by atoms with Crippen LogP contribution >= 0.6 is 0 Å². The molecule has 0 aliphatic heterocycles. The molecule has 0 spiro atoms. The molecule has 0 fully saturated rings. The third-order valence-corrected chi connectivity index (χ3v) is 4.28. The quantitative estimate of drug-likeness (QED) is 0.143. The summed E-state index contributed by atoms with van der Waals surface area (Å²) < 4.78 is 24.5. The molecule has 206 valence electrons. The van der Waals surface area contributed by atoms with Crippen molar-refractivity contribution in [1.82, 2.24) is 0 Å². The second kappa shape index (κ2) is 17.2. The number of aliphatic hydroxyl groups excluding tert-OH is 2. The molecular formula is C26H30O12. The maximum Gasteiger partial charge on any atom is 0.339 e. The van der Waals surface area contributed by atoms with Crippen LogP contribution in [0.4, 0.5) is 0 Å². The molecule has 2 atom stereocenters. The number of carbonyl (C=O) groups is 5. The molecule has 38 heavy (non-hydrogen) atoms. The van der Waals surface area contributed by atoms with E-state index in [1.807, 2.05) is 0 Å². The Balaban J connectivity index is 2.89. The summed E-state index contributed by atoms with van der Waals surface area (Å²) in [6.45, 7) is 4.55. The standard InChI is InChI=1S/C26H30O12/c1-4-7-22(29)35-13-18(27)15-37-24(31)17-9-10-20(21(12-17)26(33)34-11-6-3)25(32)38-16-19(28)14-36-23(30)8-5-2/h4-10,12,18-19,27-28H,3,11,13-16H2,1-2H3. The first-order valence-electron chi connectivity index (χ1n) is 11.3. The van der Waals surface area contributed by atoms with Gasteiger partial charge in [-0.3, -0.25) is 0 Å². The van der Waals surface area contributed by atoms with E-state index in [9.17, 15) is 34.2 Å². The SMILES string of the molecule is C=CCOC(=O)c1cc(C(=O)OCC(O)COC(=O)C=CC)ccc1C(=O)OCC(O)COC(=O)C=CC. The Morgan fingerprint density at radius 1 is 0.737 bits per heavy atom. The van der Waals surface area contributed by atoms with Crippen molar-refractivity contribution in [2.45, 2.75) is 26.1 Å². The topological polar surface area (TPSA) is 172 Å². The average Bonchev–Trinajstić information content (AvgIpc) is 2.90. The molecule has 12 nitrogen and oxygen atoms in total. The van der Waals surface area contributed by atoms with Crippen molar-refractivity contribution < 1.29 is 57.9 Å². The lowest BCUT2D eigenvalue weighted by molar-refractivity contribution is -0.142. The molecule has 12 heteroatoms. The zero-order chi connectivity index (χ0) is 28.5. The van der Waals surface area contributed by atoms with Crippen LogP contribution in [-0.2, 0) is 33.3 Å². The summed E-state index contributed by atoms with van der Waals surface area (Å²) in [5.74, 6) is -4.30. The Hall–Kier alpha value is -4.29. The van der Waals surface area contributed by atoms with Gasteiger partial charge in [0.1, 0.15) is 45.2 Å². The Kier molecular flexibility index (Phi) is 14.4. The van der Waals surface area contributed by atoms with E-state index in [2.05, 4.69) is 6.58 Å². The molecule has 2 unspecified atom stereocenters. The second-order valence-electron chi connectivity index (χ2n) is 7.41. The van der Waals surface area contributed by atoms with Gasteiger partial charge in [-0.2, -0.15) is 0 Å². The highest BCUT2D eigenvalue weighted by molar-refractivity contribution is 6.05. The number of benzene rings is 1. The molecule has 1 rings (SSSR count). The Labute approximate surface area is 219 Å². The van der Waals surface area contributed by atoms with Crippen molar-refractivity contribution in [1.29, 1.82) is 0 Å². The first kappa shape index (κ1) is 31.7. The number of hydrogen-bond donors (Lipinski definition) is 2. The van der Waals surface area contributed by atoms with E-state index in [1.165, 1.54) is 24.3 Å². The molecule has 0 aromatic heterocycles. The van der Waals surface area contributed by atoms with E-state index in [1.54, 1.807) is 13.8 Å². The largest absolute Gasteiger partial charge is 0.460 e. The molecule has 2 N–H and O–H groups in total. The van der Waals surface area contributed by atoms with Gasteiger partial charge in [0.05, 0.1) is 16.7 Å². The number of hydrogen-bond acceptors (Lipinski definition) is 12. The van der Waals surface area contributed by atoms with E-state index in [0.717, 1.165) is 24.3 Å². The fourth-order valence-electron chi connectivity index (χ4n) is 2.56. The van der Waals surface area contributed by atoms with Gasteiger partial charge in [0.25, 0.3) is 0 Å². The van der Waals surface area contributed by atoms with Crippen molar-refractivity contribution in [3.8, 4) is 0 Å². The van der Waals surface area contributed by atoms with Gasteiger partial charge in [-0.05, 0) is 32.0 Å². The molecule has 1 aromatic carbocycles. The lowest BCUT2D eigenvalue weighted by atomic mass is 10.0. The van der Waals surface area contributed by atoms with Crippen LogP contribution < -0.4 is 0 Å². The predicted octanol–water partition coefficient (Wildman–Crippen LogP) is 1.30. The molecule has 0 radical (unpaired) electrons. The second-order valence-corrected chi connectivity index (χ2v) is 7.41. The van der Waals surface area contributed by atoms with Crippen LogP contribution in [0.1, 0.15) is 44.9 Å². The van der Waals surface area contributed by atoms with Crippen molar-refractivity contribution in [2.24, 2.45) is 0 Å². The average molecular weight is 535 g/mol. The van der Waals surface area contributed by atoms with E-state index < -0.39 is 68.5 Å². The van der Waals surface area contributed by atoms with Gasteiger partial charge in [-0.25, -0.2) is 24.0 Å². The Bertz CT molecular complexity index is 1060. The van der Waals surface area contributed by atoms with Crippen molar-refractivity contribution in [2.75, 3.05) is 33.0 Å². The first-order valence-corrected chi connectivity index (χ1v) is 11.3. The van der Waals surface area contributed by atoms with Gasteiger partial charge in [-0.15, -0.1) is 0 Å². The van der Waals surface area contributed by atoms with Crippen molar-refractivity contribution in [3.63, 3.8) is 0 Å². The highest BCUT2D eigenvalue weighted by Crippen LogP contribution is 2.17. The number of carbonyl (C=O) groups excluding carboxylic acids is 5. The van der Waals surface area contributed by atoms with Crippen LogP contribution in [0.15, 0.2) is 55.2 Å². The number of ether oxygens (including phenoxy) is 5. The number of aliphatic hydroxyl groups is 2. The highest BCUT2D eigenvalue weighted by atomic mass is 16.6. The summed E-state index contributed by atoms with van der Waals surface area (Å²) in [4.78, 5) is 60.1. The van der Waals surface area contributed by atoms with Gasteiger partial charge in [0, 0.05) is 12.2 Å². The molecule has 0 aliphatic rings. The highest BCUT2D eigenvalue weighted by Gasteiger charge is 2.23. The van der Waals surface area contributed by atoms with Crippen LogP contribution in [-0.4, -0.2) is 85.3 Å². The fourth-order valence-corrected chi connectivity index (χ4v) is 2.56. The fraction of sp³-hybridized carbons (Fsp3) is 0.346. The minimum Gasteiger partial charge on any atom is -0.460 e. The molecule has 0 amide bonds. The van der Waals surface area contributed by atoms with Crippen LogP contribution in [0.2, 0.25) is 0 Å². The molecule has 0 saturated carbocycles. The molecule has 0 bridgehead atoms. The summed E-state index contributed by atoms with van der Waals surface area (Å²) in [6.07, 6.45) is 3.87. The van der Waals surface area contributed by atoms with Gasteiger partial charge < -0.3 is 33.9 Å². The summed E-state index contributed by atoms with van der Waals surface area (Å²) in [7, 11) is 0. The summed E-state index contributed by atoms with van der Waals surface area (Å²) in [5.41, 5.74) is -0.757. The third-order valence-electron chi connectivity index (χ3n) is 4.28. The lowest BCUT2D eigenvalue weighted by Crippen LogP contribution is -2.26. The first-order chi connectivity index (χ1) is 18.1. The monoisotopic (exact) mass is 534 g/mol. The lowest BCUT2D eigenvalue weighted by Gasteiger charge is -2.14. The minimum atomic E-state index is -1.33. The zero-order valence-electron chi connectivity index (χ0n) is 21.0. The van der Waals surface area contributed by atoms with E-state index in [-0.39, 0.29) is 23.3 Å². The molecule has 0 saturated heterocycles. The normalized spacial score (nSPS) is 12.4. The zero-order valence-corrected chi connectivity index (χ0v) is 21.0. The van der Waals surface area contributed by atoms with E-state index in [0.29, 0.717) is 0 Å². The maximum atomic E-state index is 12.6. The predicted molar refractivity (Wildman–Crippen MR) is 131 cm³/mol. The molecule has 0 aliphatic carbocycles. The maximum absolute atomic E-state index is 12.6. The van der Waals surface area contributed by atoms with E-state index in [4.69, 9.17) is 23.7 Å².